The van der Waals surface area contributed by atoms with Crippen LogP contribution in [0.3, 0.4) is 0 Å². The van der Waals surface area contributed by atoms with Crippen LogP contribution in [0.25, 0.3) is 0 Å². The van der Waals surface area contributed by atoms with Crippen molar-refractivity contribution in [2.45, 2.75) is 62.7 Å². The summed E-state index contributed by atoms with van der Waals surface area (Å²) < 4.78 is 33.8. The third-order valence-electron chi connectivity index (χ3n) is 8.99. The normalized spacial score (nSPS) is 24.5. The number of rotatable bonds is 11. The van der Waals surface area contributed by atoms with Crippen molar-refractivity contribution in [3.05, 3.63) is 47.2 Å². The fourth-order valence-corrected chi connectivity index (χ4v) is 6.65. The minimum absolute atomic E-state index is 0.0756. The van der Waals surface area contributed by atoms with Crippen LogP contribution in [-0.4, -0.2) is 112 Å². The fourth-order valence-electron chi connectivity index (χ4n) is 6.65. The van der Waals surface area contributed by atoms with Crippen LogP contribution in [0.2, 0.25) is 0 Å². The molecule has 2 fully saturated rings. The van der Waals surface area contributed by atoms with Crippen LogP contribution in [0.1, 0.15) is 49.7 Å². The van der Waals surface area contributed by atoms with Gasteiger partial charge in [-0.2, -0.15) is 0 Å². The summed E-state index contributed by atoms with van der Waals surface area (Å²) in [5.41, 5.74) is -0.0149. The van der Waals surface area contributed by atoms with Gasteiger partial charge in [-0.3, -0.25) is 14.6 Å². The first kappa shape index (κ1) is 31.3. The van der Waals surface area contributed by atoms with Gasteiger partial charge in [-0.15, -0.1) is 0 Å². The average molecular weight is 601 g/mol. The van der Waals surface area contributed by atoms with Gasteiger partial charge in [-0.05, 0) is 62.1 Å². The van der Waals surface area contributed by atoms with E-state index in [1.165, 1.54) is 7.11 Å². The zero-order valence-corrected chi connectivity index (χ0v) is 25.4. The Bertz CT molecular complexity index is 1210. The lowest BCUT2D eigenvalue weighted by atomic mass is 9.82. The summed E-state index contributed by atoms with van der Waals surface area (Å²) in [6.07, 6.45) is 6.68. The molecule has 0 bridgehead atoms. The summed E-state index contributed by atoms with van der Waals surface area (Å²) in [7, 11) is 2.78. The van der Waals surface area contributed by atoms with Gasteiger partial charge in [-0.1, -0.05) is 12.2 Å². The number of nitrogens with zero attached hydrogens (tertiary/aromatic N) is 2. The second kappa shape index (κ2) is 14.1. The molecule has 0 spiro atoms. The van der Waals surface area contributed by atoms with E-state index in [0.717, 1.165) is 56.6 Å². The Hall–Kier alpha value is -3.12. The van der Waals surface area contributed by atoms with Gasteiger partial charge in [0.25, 0.3) is 0 Å². The van der Waals surface area contributed by atoms with Gasteiger partial charge >= 0.3 is 11.9 Å². The van der Waals surface area contributed by atoms with Crippen LogP contribution in [0.4, 0.5) is 0 Å². The second-order valence-electron chi connectivity index (χ2n) is 11.5. The Kier molecular flexibility index (Phi) is 10.3. The van der Waals surface area contributed by atoms with Crippen LogP contribution in [0.5, 0.6) is 11.5 Å². The molecule has 1 N–H and O–H groups in total. The molecule has 1 aromatic rings. The Balaban J connectivity index is 1.45. The van der Waals surface area contributed by atoms with Gasteiger partial charge in [0.05, 0.1) is 33.9 Å². The maximum absolute atomic E-state index is 14.0. The van der Waals surface area contributed by atoms with E-state index in [9.17, 15) is 14.7 Å². The highest BCUT2D eigenvalue weighted by Crippen LogP contribution is 2.46. The lowest BCUT2D eigenvalue weighted by Crippen LogP contribution is -2.47. The van der Waals surface area contributed by atoms with Crippen LogP contribution in [0.15, 0.2) is 36.1 Å². The molecule has 0 radical (unpaired) electrons. The fraction of sp³-hybridized carbons (Fsp3) is 0.625. The molecule has 1 aromatic carbocycles. The van der Waals surface area contributed by atoms with Gasteiger partial charge in [0.2, 0.25) is 6.79 Å². The summed E-state index contributed by atoms with van der Waals surface area (Å²) in [5, 5.41) is 11.7. The monoisotopic (exact) mass is 600 g/mol. The number of hydrogen-bond donors (Lipinski definition) is 1. The molecule has 11 heteroatoms. The lowest BCUT2D eigenvalue weighted by Gasteiger charge is -2.37. The maximum Gasteiger partial charge on any atom is 0.339 e. The summed E-state index contributed by atoms with van der Waals surface area (Å²) in [6, 6.07) is 4.11. The molecule has 4 atom stereocenters. The molecule has 0 aliphatic carbocycles. The highest BCUT2D eigenvalue weighted by atomic mass is 16.7. The topological polar surface area (TPSA) is 116 Å². The van der Waals surface area contributed by atoms with E-state index in [0.29, 0.717) is 37.0 Å². The minimum atomic E-state index is -2.13. The summed E-state index contributed by atoms with van der Waals surface area (Å²) >= 11 is 0. The predicted octanol–water partition coefficient (Wildman–Crippen LogP) is 2.55. The number of esters is 2. The Morgan fingerprint density at radius 2 is 1.86 bits per heavy atom. The highest BCUT2D eigenvalue weighted by molar-refractivity contribution is 5.86. The number of aliphatic hydroxyl groups is 1. The molecule has 43 heavy (non-hydrogen) atoms. The van der Waals surface area contributed by atoms with Crippen molar-refractivity contribution in [2.75, 3.05) is 67.0 Å². The number of carbonyl (C=O) groups excluding carboxylic acids is 2. The van der Waals surface area contributed by atoms with Crippen molar-refractivity contribution in [1.82, 2.24) is 9.80 Å². The molecule has 236 valence electrons. The Morgan fingerprint density at radius 1 is 1.09 bits per heavy atom. The Morgan fingerprint density at radius 3 is 2.58 bits per heavy atom. The molecule has 0 aromatic heterocycles. The van der Waals surface area contributed by atoms with Crippen LogP contribution in [-0.2, 0) is 35.0 Å². The molecule has 5 rings (SSSR count). The molecule has 4 aliphatic rings. The van der Waals surface area contributed by atoms with Crippen molar-refractivity contribution in [3.63, 3.8) is 0 Å². The zero-order valence-electron chi connectivity index (χ0n) is 25.4. The number of fused-ring (bicyclic) bond motifs is 3. The molecule has 4 aliphatic heterocycles. The third-order valence-corrected chi connectivity index (χ3v) is 8.99. The minimum Gasteiger partial charge on any atom is -0.497 e. The highest BCUT2D eigenvalue weighted by Gasteiger charge is 2.47. The van der Waals surface area contributed by atoms with Crippen LogP contribution in [0, 0.1) is 0 Å². The van der Waals surface area contributed by atoms with E-state index < -0.39 is 30.1 Å². The molecule has 0 saturated carbocycles. The predicted molar refractivity (Wildman–Crippen MR) is 157 cm³/mol. The first-order valence-corrected chi connectivity index (χ1v) is 15.2. The number of hydrogen-bond acceptors (Lipinski definition) is 11. The van der Waals surface area contributed by atoms with E-state index >= 15 is 0 Å². The van der Waals surface area contributed by atoms with Crippen molar-refractivity contribution in [1.29, 1.82) is 0 Å². The molecule has 11 nitrogen and oxygen atoms in total. The van der Waals surface area contributed by atoms with Gasteiger partial charge in [0, 0.05) is 44.6 Å². The Labute approximate surface area is 253 Å². The first-order valence-electron chi connectivity index (χ1n) is 15.2. The molecular weight excluding hydrogens is 556 g/mol. The lowest BCUT2D eigenvalue weighted by molar-refractivity contribution is -0.177. The molecule has 2 saturated heterocycles. The number of carbonyl (C=O) groups is 2. The summed E-state index contributed by atoms with van der Waals surface area (Å²) in [4.78, 5) is 31.1. The van der Waals surface area contributed by atoms with Gasteiger partial charge in [-0.25, -0.2) is 4.79 Å². The van der Waals surface area contributed by atoms with Gasteiger partial charge in [0.1, 0.15) is 5.76 Å². The van der Waals surface area contributed by atoms with Crippen LogP contribution >= 0.6 is 0 Å². The summed E-state index contributed by atoms with van der Waals surface area (Å²) in [6.45, 7) is 7.42. The number of methoxy groups -OCH3 is 2. The third kappa shape index (κ3) is 7.01. The SMILES string of the molecule is C/C=C(/OC)[C@@H](OC(=O)[C@@](O)(C/C=C/CN1CCOCC1)CC(=O)OC)[C@H]1c2cc3c(cc2CCN2CCC[C@@H]12)OCO3. The standard InChI is InChI=1S/C32H44N2O9/c1-4-25(38-2)30(29-23-19-27-26(41-21-42-27)18-22(23)9-13-34-12-7-8-24(29)34)43-31(36)32(37,20-28(35)39-3)10-5-6-11-33-14-16-40-17-15-33/h4-6,18-19,24,29-30,37H,7-17,20-21H2,1-3H3/b6-5+,25-4+/t24-,29-,30+,32+/m0/s1. The summed E-state index contributed by atoms with van der Waals surface area (Å²) in [5.74, 6) is -0.0611. The second-order valence-corrected chi connectivity index (χ2v) is 11.5. The molecule has 0 unspecified atom stereocenters. The van der Waals surface area contributed by atoms with Crippen LogP contribution < -0.4 is 9.47 Å². The van der Waals surface area contributed by atoms with Crippen molar-refractivity contribution in [3.8, 4) is 11.5 Å². The first-order chi connectivity index (χ1) is 20.9. The van der Waals surface area contributed by atoms with Gasteiger partial charge < -0.3 is 33.5 Å². The van der Waals surface area contributed by atoms with Gasteiger partial charge in [0.15, 0.2) is 23.2 Å². The number of morpholine rings is 1. The number of ether oxygens (including phenoxy) is 6. The largest absolute Gasteiger partial charge is 0.497 e. The molecular formula is C32H44N2O9. The van der Waals surface area contributed by atoms with Crippen molar-refractivity contribution >= 4 is 11.9 Å². The quantitative estimate of drug-likeness (QED) is 0.230. The van der Waals surface area contributed by atoms with E-state index in [2.05, 4.69) is 9.80 Å². The van der Waals surface area contributed by atoms with E-state index in [1.807, 2.05) is 25.1 Å². The zero-order chi connectivity index (χ0) is 30.4. The molecule has 4 heterocycles. The average Bonchev–Trinajstić information content (AvgIpc) is 3.65. The maximum atomic E-state index is 14.0. The molecule has 0 amide bonds. The smallest absolute Gasteiger partial charge is 0.339 e. The van der Waals surface area contributed by atoms with Crippen molar-refractivity contribution < 1.29 is 43.1 Å². The number of allylic oxidation sites excluding steroid dienone is 1. The van der Waals surface area contributed by atoms with E-state index in [1.54, 1.807) is 19.3 Å². The van der Waals surface area contributed by atoms with Crippen molar-refractivity contribution in [2.24, 2.45) is 0 Å². The number of benzene rings is 1. The van der Waals surface area contributed by atoms with E-state index in [-0.39, 0.29) is 25.2 Å². The van der Waals surface area contributed by atoms with E-state index in [4.69, 9.17) is 28.4 Å².